The van der Waals surface area contributed by atoms with Gasteiger partial charge in [-0.3, -0.25) is 14.4 Å². The number of nitrogens with two attached hydrogens (primary N) is 1. The van der Waals surface area contributed by atoms with Gasteiger partial charge >= 0.3 is 11.9 Å². The Balaban J connectivity index is 1.67. The molecule has 13 heteroatoms. The van der Waals surface area contributed by atoms with Gasteiger partial charge in [0, 0.05) is 5.92 Å². The summed E-state index contributed by atoms with van der Waals surface area (Å²) in [7, 11) is 0. The Morgan fingerprint density at radius 2 is 1.93 bits per heavy atom. The number of benzene rings is 1. The monoisotopic (exact) mass is 606 g/mol. The van der Waals surface area contributed by atoms with Gasteiger partial charge in [0.1, 0.15) is 42.8 Å². The van der Waals surface area contributed by atoms with Crippen molar-refractivity contribution >= 4 is 29.2 Å². The highest BCUT2D eigenvalue weighted by molar-refractivity contribution is 5.94. The molecule has 0 unspecified atom stereocenters. The van der Waals surface area contributed by atoms with Crippen LogP contribution in [0.15, 0.2) is 48.8 Å². The van der Waals surface area contributed by atoms with Crippen LogP contribution in [-0.2, 0) is 40.6 Å². The fourth-order valence-corrected chi connectivity index (χ4v) is 4.73. The van der Waals surface area contributed by atoms with Crippen LogP contribution < -0.4 is 11.1 Å². The number of hydrogen-bond donors (Lipinski definition) is 3. The first-order valence-electron chi connectivity index (χ1n) is 14.4. The normalized spacial score (nSPS) is 23.0. The molecule has 6 atom stereocenters. The SMILES string of the molecule is CC[C@H](C)C(=O)Nc1ncnn2c([C@]3(C#N)O[C@H](COC(=O)Cc4ccccc4)[C@@H](OC(=O)[C@@H](N)C(C)(C)C)[C@H]3O)ccc12. The van der Waals surface area contributed by atoms with Gasteiger partial charge in [0.05, 0.1) is 12.1 Å². The van der Waals surface area contributed by atoms with Crippen molar-refractivity contribution < 1.29 is 33.7 Å². The Morgan fingerprint density at radius 1 is 1.23 bits per heavy atom. The molecular formula is C31H38N6O7. The van der Waals surface area contributed by atoms with Crippen molar-refractivity contribution in [2.24, 2.45) is 17.1 Å². The number of esters is 2. The lowest BCUT2D eigenvalue weighted by molar-refractivity contribution is -0.163. The molecule has 1 aliphatic rings. The lowest BCUT2D eigenvalue weighted by atomic mass is 9.87. The topological polar surface area (TPSA) is 191 Å². The first-order chi connectivity index (χ1) is 20.8. The summed E-state index contributed by atoms with van der Waals surface area (Å²) in [5, 5.41) is 29.1. The second-order valence-electron chi connectivity index (χ2n) is 12.0. The molecule has 0 bridgehead atoms. The predicted molar refractivity (Wildman–Crippen MR) is 158 cm³/mol. The molecule has 234 valence electrons. The van der Waals surface area contributed by atoms with E-state index in [4.69, 9.17) is 19.9 Å². The van der Waals surface area contributed by atoms with Crippen molar-refractivity contribution in [1.82, 2.24) is 14.6 Å². The summed E-state index contributed by atoms with van der Waals surface area (Å²) in [6.45, 7) is 8.51. The van der Waals surface area contributed by atoms with Gasteiger partial charge in [-0.25, -0.2) is 9.50 Å². The van der Waals surface area contributed by atoms with Crippen LogP contribution in [0.3, 0.4) is 0 Å². The van der Waals surface area contributed by atoms with Gasteiger partial charge in [-0.15, -0.1) is 0 Å². The molecular weight excluding hydrogens is 568 g/mol. The number of amides is 1. The largest absolute Gasteiger partial charge is 0.463 e. The van der Waals surface area contributed by atoms with E-state index >= 15 is 0 Å². The smallest absolute Gasteiger partial charge is 0.323 e. The molecule has 0 spiro atoms. The van der Waals surface area contributed by atoms with E-state index in [2.05, 4.69) is 15.4 Å². The van der Waals surface area contributed by atoms with Crippen LogP contribution >= 0.6 is 0 Å². The van der Waals surface area contributed by atoms with Crippen molar-refractivity contribution in [3.63, 3.8) is 0 Å². The second-order valence-corrected chi connectivity index (χ2v) is 12.0. The number of rotatable bonds is 10. The summed E-state index contributed by atoms with van der Waals surface area (Å²) in [5.74, 6) is -1.73. The third-order valence-electron chi connectivity index (χ3n) is 7.77. The van der Waals surface area contributed by atoms with Gasteiger partial charge in [0.2, 0.25) is 11.5 Å². The van der Waals surface area contributed by atoms with E-state index in [0.717, 1.165) is 5.56 Å². The van der Waals surface area contributed by atoms with Crippen LogP contribution in [-0.4, -0.2) is 68.5 Å². The number of aromatic nitrogens is 3. The average molecular weight is 607 g/mol. The molecule has 3 aromatic rings. The molecule has 13 nitrogen and oxygen atoms in total. The molecule has 1 aliphatic heterocycles. The number of aliphatic hydroxyl groups is 1. The van der Waals surface area contributed by atoms with Crippen molar-refractivity contribution in [3.8, 4) is 6.07 Å². The highest BCUT2D eigenvalue weighted by Gasteiger charge is 2.60. The van der Waals surface area contributed by atoms with E-state index in [1.165, 1.54) is 16.9 Å². The van der Waals surface area contributed by atoms with Crippen LogP contribution in [0.2, 0.25) is 0 Å². The minimum atomic E-state index is -2.12. The predicted octanol–water partition coefficient (Wildman–Crippen LogP) is 2.26. The van der Waals surface area contributed by atoms with Crippen LogP contribution in [0.1, 0.15) is 52.3 Å². The number of carbonyl (C=O) groups excluding carboxylic acids is 3. The third kappa shape index (κ3) is 6.57. The summed E-state index contributed by atoms with van der Waals surface area (Å²) in [4.78, 5) is 42.5. The molecule has 0 radical (unpaired) electrons. The fourth-order valence-electron chi connectivity index (χ4n) is 4.73. The zero-order valence-electron chi connectivity index (χ0n) is 25.4. The quantitative estimate of drug-likeness (QED) is 0.287. The zero-order valence-corrected chi connectivity index (χ0v) is 25.4. The van der Waals surface area contributed by atoms with Crippen molar-refractivity contribution in [2.45, 2.75) is 77.4 Å². The summed E-state index contributed by atoms with van der Waals surface area (Å²) in [5.41, 5.74) is 4.49. The van der Waals surface area contributed by atoms with Crippen molar-refractivity contribution in [2.75, 3.05) is 11.9 Å². The minimum Gasteiger partial charge on any atom is -0.463 e. The molecule has 1 fully saturated rings. The van der Waals surface area contributed by atoms with Gasteiger partial charge < -0.3 is 30.4 Å². The van der Waals surface area contributed by atoms with Crippen LogP contribution in [0, 0.1) is 22.7 Å². The number of aliphatic hydroxyl groups excluding tert-OH is 1. The molecule has 2 aromatic heterocycles. The maximum absolute atomic E-state index is 13.1. The molecule has 44 heavy (non-hydrogen) atoms. The number of nitriles is 1. The number of fused-ring (bicyclic) bond motifs is 1. The van der Waals surface area contributed by atoms with E-state index in [-0.39, 0.29) is 29.8 Å². The number of nitrogens with one attached hydrogen (secondary N) is 1. The minimum absolute atomic E-state index is 0.0235. The van der Waals surface area contributed by atoms with Crippen LogP contribution in [0.4, 0.5) is 5.82 Å². The highest BCUT2D eigenvalue weighted by Crippen LogP contribution is 2.42. The Kier molecular flexibility index (Phi) is 9.68. The van der Waals surface area contributed by atoms with Gasteiger partial charge in [0.25, 0.3) is 0 Å². The number of hydrogen-bond acceptors (Lipinski definition) is 11. The van der Waals surface area contributed by atoms with E-state index < -0.39 is 53.9 Å². The Bertz CT molecular complexity index is 1550. The van der Waals surface area contributed by atoms with Crippen LogP contribution in [0.5, 0.6) is 0 Å². The molecule has 0 saturated carbocycles. The summed E-state index contributed by atoms with van der Waals surface area (Å²) in [6.07, 6.45) is -2.63. The van der Waals surface area contributed by atoms with E-state index in [9.17, 15) is 24.8 Å². The number of ether oxygens (including phenoxy) is 3. The highest BCUT2D eigenvalue weighted by atomic mass is 16.6. The Hall–Kier alpha value is -4.38. The zero-order chi connectivity index (χ0) is 32.2. The van der Waals surface area contributed by atoms with E-state index in [0.29, 0.717) is 11.9 Å². The molecule has 1 aromatic carbocycles. The van der Waals surface area contributed by atoms with Crippen LogP contribution in [0.25, 0.3) is 5.52 Å². The third-order valence-corrected chi connectivity index (χ3v) is 7.77. The lowest BCUT2D eigenvalue weighted by Gasteiger charge is -2.29. The summed E-state index contributed by atoms with van der Waals surface area (Å²) in [6, 6.07) is 13.0. The molecule has 1 amide bonds. The molecule has 4 N–H and O–H groups in total. The number of carbonyl (C=O) groups is 3. The maximum atomic E-state index is 13.1. The summed E-state index contributed by atoms with van der Waals surface area (Å²) >= 11 is 0. The Morgan fingerprint density at radius 3 is 2.57 bits per heavy atom. The molecule has 1 saturated heterocycles. The van der Waals surface area contributed by atoms with Crippen molar-refractivity contribution in [3.05, 3.63) is 60.0 Å². The molecule has 4 rings (SSSR count). The van der Waals surface area contributed by atoms with Gasteiger partial charge in [0.15, 0.2) is 11.9 Å². The van der Waals surface area contributed by atoms with E-state index in [1.54, 1.807) is 58.0 Å². The Labute approximate surface area is 255 Å². The standard InChI is InChI=1S/C31H38N6O7/c1-6-18(2)28(40)36-27-20-12-13-22(37(20)35-17-34-27)31(16-32)26(39)24(43-29(41)25(33)30(3,4)5)21(44-31)15-42-23(38)14-19-10-8-7-9-11-19/h7-13,17-18,21,24-26,39H,6,14-15,33H2,1-5H3,(H,34,35,36,40)/t18-,21+,24+,25+,26+,31-/m0/s1. The molecule has 3 heterocycles. The summed E-state index contributed by atoms with van der Waals surface area (Å²) < 4.78 is 18.6. The van der Waals surface area contributed by atoms with Gasteiger partial charge in [-0.05, 0) is 29.5 Å². The van der Waals surface area contributed by atoms with Gasteiger partial charge in [-0.1, -0.05) is 65.0 Å². The molecule has 0 aliphatic carbocycles. The first-order valence-corrected chi connectivity index (χ1v) is 14.4. The number of anilines is 1. The lowest BCUT2D eigenvalue weighted by Crippen LogP contribution is -2.49. The average Bonchev–Trinajstić information content (AvgIpc) is 3.55. The fraction of sp³-hybridized carbons (Fsp3) is 0.484. The van der Waals surface area contributed by atoms with Gasteiger partial charge in [-0.2, -0.15) is 10.4 Å². The van der Waals surface area contributed by atoms with E-state index in [1.807, 2.05) is 19.1 Å². The number of nitrogens with zero attached hydrogens (tertiary/aromatic N) is 4. The van der Waals surface area contributed by atoms with Crippen molar-refractivity contribution in [1.29, 1.82) is 5.26 Å². The maximum Gasteiger partial charge on any atom is 0.323 e. The second kappa shape index (κ2) is 13.1. The first kappa shape index (κ1) is 32.5.